The molecular weight excluding hydrogens is 328 g/mol. The molecule has 0 amide bonds. The predicted molar refractivity (Wildman–Crippen MR) is 91.8 cm³/mol. The summed E-state index contributed by atoms with van der Waals surface area (Å²) in [4.78, 5) is 2.20. The molecule has 0 aliphatic heterocycles. The number of nitrogens with two attached hydrogens (primary N) is 1. The number of rotatable bonds is 5. The van der Waals surface area contributed by atoms with Gasteiger partial charge in [-0.25, -0.2) is 0 Å². The minimum absolute atomic E-state index is 0.0251. The fourth-order valence-electron chi connectivity index (χ4n) is 2.26. The van der Waals surface area contributed by atoms with E-state index in [4.69, 9.17) is 10.5 Å². The Morgan fingerprint density at radius 3 is 2.62 bits per heavy atom. The molecule has 0 aliphatic carbocycles. The Morgan fingerprint density at radius 2 is 2.00 bits per heavy atom. The molecule has 2 aromatic rings. The van der Waals surface area contributed by atoms with Gasteiger partial charge in [0.2, 0.25) is 0 Å². The van der Waals surface area contributed by atoms with Crippen molar-refractivity contribution in [2.24, 2.45) is 5.73 Å². The first kappa shape index (κ1) is 15.9. The van der Waals surface area contributed by atoms with Crippen LogP contribution in [-0.2, 0) is 6.54 Å². The quantitative estimate of drug-likeness (QED) is 0.883. The van der Waals surface area contributed by atoms with Gasteiger partial charge in [0.15, 0.2) is 0 Å². The molecule has 2 N–H and O–H groups in total. The molecule has 1 atom stereocenters. The summed E-state index contributed by atoms with van der Waals surface area (Å²) >= 11 is 3.60. The zero-order valence-corrected chi connectivity index (χ0v) is 14.2. The van der Waals surface area contributed by atoms with E-state index in [1.165, 1.54) is 5.56 Å². The first-order valence-electron chi connectivity index (χ1n) is 6.90. The van der Waals surface area contributed by atoms with Crippen molar-refractivity contribution in [1.29, 1.82) is 0 Å². The van der Waals surface area contributed by atoms with Gasteiger partial charge in [-0.05, 0) is 42.3 Å². The molecule has 3 nitrogen and oxygen atoms in total. The number of hydrogen-bond donors (Lipinski definition) is 1. The van der Waals surface area contributed by atoms with E-state index in [0.29, 0.717) is 0 Å². The Kier molecular flexibility index (Phi) is 5.26. The highest BCUT2D eigenvalue weighted by Gasteiger charge is 2.09. The molecule has 4 heteroatoms. The lowest BCUT2D eigenvalue weighted by Crippen LogP contribution is -2.16. The highest BCUT2D eigenvalue weighted by molar-refractivity contribution is 9.10. The van der Waals surface area contributed by atoms with Gasteiger partial charge in [-0.2, -0.15) is 0 Å². The van der Waals surface area contributed by atoms with Crippen LogP contribution in [0.25, 0.3) is 0 Å². The predicted octanol–water partition coefficient (Wildman–Crippen LogP) is 4.11. The summed E-state index contributed by atoms with van der Waals surface area (Å²) in [5.41, 5.74) is 9.42. The molecule has 0 spiro atoms. The zero-order chi connectivity index (χ0) is 15.4. The first-order valence-corrected chi connectivity index (χ1v) is 7.69. The Labute approximate surface area is 134 Å². The highest BCUT2D eigenvalue weighted by Crippen LogP contribution is 2.28. The summed E-state index contributed by atoms with van der Waals surface area (Å²) < 4.78 is 6.31. The summed E-state index contributed by atoms with van der Waals surface area (Å²) in [6, 6.07) is 14.4. The van der Waals surface area contributed by atoms with E-state index >= 15 is 0 Å². The van der Waals surface area contributed by atoms with Crippen LogP contribution in [0.3, 0.4) is 0 Å². The minimum atomic E-state index is 0.0251. The molecule has 112 valence electrons. The van der Waals surface area contributed by atoms with Gasteiger partial charge >= 0.3 is 0 Å². The van der Waals surface area contributed by atoms with Crippen LogP contribution in [0.1, 0.15) is 24.1 Å². The van der Waals surface area contributed by atoms with E-state index in [-0.39, 0.29) is 6.04 Å². The Balaban J connectivity index is 2.16. The third kappa shape index (κ3) is 3.99. The number of halogens is 1. The summed E-state index contributed by atoms with van der Waals surface area (Å²) in [5, 5.41) is 0. The van der Waals surface area contributed by atoms with Crippen LogP contribution in [0.15, 0.2) is 46.9 Å². The van der Waals surface area contributed by atoms with Crippen molar-refractivity contribution in [2.45, 2.75) is 19.5 Å². The van der Waals surface area contributed by atoms with Crippen LogP contribution in [0.4, 0.5) is 5.69 Å². The van der Waals surface area contributed by atoms with Crippen molar-refractivity contribution in [3.8, 4) is 5.75 Å². The Morgan fingerprint density at radius 1 is 1.24 bits per heavy atom. The normalized spacial score (nSPS) is 12.0. The molecule has 21 heavy (non-hydrogen) atoms. The fourth-order valence-corrected chi connectivity index (χ4v) is 2.99. The monoisotopic (exact) mass is 348 g/mol. The van der Waals surface area contributed by atoms with Crippen LogP contribution in [0, 0.1) is 0 Å². The topological polar surface area (TPSA) is 38.5 Å². The number of methoxy groups -OCH3 is 1. The van der Waals surface area contributed by atoms with Crippen LogP contribution in [0.5, 0.6) is 5.75 Å². The molecule has 0 bridgehead atoms. The molecule has 0 radical (unpaired) electrons. The van der Waals surface area contributed by atoms with Gasteiger partial charge in [-0.15, -0.1) is 0 Å². The third-order valence-electron chi connectivity index (χ3n) is 3.47. The molecule has 0 saturated carbocycles. The van der Waals surface area contributed by atoms with E-state index in [1.54, 1.807) is 7.11 Å². The molecular formula is C17H21BrN2O. The number of nitrogens with zero attached hydrogens (tertiary/aromatic N) is 1. The maximum atomic E-state index is 5.94. The van der Waals surface area contributed by atoms with Gasteiger partial charge in [-0.1, -0.05) is 34.1 Å². The molecule has 0 aromatic heterocycles. The van der Waals surface area contributed by atoms with Gasteiger partial charge in [0.25, 0.3) is 0 Å². The van der Waals surface area contributed by atoms with Crippen molar-refractivity contribution < 1.29 is 4.74 Å². The number of ether oxygens (including phenoxy) is 1. The van der Waals surface area contributed by atoms with Crippen LogP contribution >= 0.6 is 15.9 Å². The summed E-state index contributed by atoms with van der Waals surface area (Å²) in [6.07, 6.45) is 0. The van der Waals surface area contributed by atoms with Crippen molar-refractivity contribution >= 4 is 21.6 Å². The Bertz CT molecular complexity index is 613. The maximum Gasteiger partial charge on any atom is 0.119 e. The molecule has 0 heterocycles. The number of anilines is 1. The van der Waals surface area contributed by atoms with E-state index in [1.807, 2.05) is 19.1 Å². The zero-order valence-electron chi connectivity index (χ0n) is 12.6. The van der Waals surface area contributed by atoms with Gasteiger partial charge in [-0.3, -0.25) is 0 Å². The van der Waals surface area contributed by atoms with E-state index in [2.05, 4.69) is 58.2 Å². The lowest BCUT2D eigenvalue weighted by atomic mass is 10.1. The van der Waals surface area contributed by atoms with Gasteiger partial charge in [0, 0.05) is 29.8 Å². The third-order valence-corrected chi connectivity index (χ3v) is 4.16. The van der Waals surface area contributed by atoms with Crippen molar-refractivity contribution in [3.63, 3.8) is 0 Å². The summed E-state index contributed by atoms with van der Waals surface area (Å²) in [6.45, 7) is 2.81. The first-order chi connectivity index (χ1) is 10.0. The average Bonchev–Trinajstić information content (AvgIpc) is 2.46. The molecule has 0 aliphatic rings. The van der Waals surface area contributed by atoms with Gasteiger partial charge in [0.1, 0.15) is 5.75 Å². The minimum Gasteiger partial charge on any atom is -0.497 e. The van der Waals surface area contributed by atoms with Crippen molar-refractivity contribution in [3.05, 3.63) is 58.1 Å². The second-order valence-electron chi connectivity index (χ2n) is 5.20. The molecule has 0 saturated heterocycles. The average molecular weight is 349 g/mol. The SMILES string of the molecule is COc1cccc(CN(C)c2ccc([C@H](C)N)c(Br)c2)c1. The van der Waals surface area contributed by atoms with Crippen molar-refractivity contribution in [2.75, 3.05) is 19.1 Å². The van der Waals surface area contributed by atoms with Crippen LogP contribution in [0.2, 0.25) is 0 Å². The standard InChI is InChI=1S/C17H21BrN2O/c1-12(19)16-8-7-14(10-17(16)18)20(2)11-13-5-4-6-15(9-13)21-3/h4-10,12H,11,19H2,1-3H3/t12-/m0/s1. The number of benzene rings is 2. The lowest BCUT2D eigenvalue weighted by Gasteiger charge is -2.21. The van der Waals surface area contributed by atoms with Crippen LogP contribution in [-0.4, -0.2) is 14.2 Å². The maximum absolute atomic E-state index is 5.94. The van der Waals surface area contributed by atoms with Gasteiger partial charge in [0.05, 0.1) is 7.11 Å². The lowest BCUT2D eigenvalue weighted by molar-refractivity contribution is 0.414. The van der Waals surface area contributed by atoms with Gasteiger partial charge < -0.3 is 15.4 Å². The van der Waals surface area contributed by atoms with E-state index < -0.39 is 0 Å². The molecule has 2 rings (SSSR count). The molecule has 0 fully saturated rings. The van der Waals surface area contributed by atoms with E-state index in [0.717, 1.165) is 28.0 Å². The number of hydrogen-bond acceptors (Lipinski definition) is 3. The highest BCUT2D eigenvalue weighted by atomic mass is 79.9. The summed E-state index contributed by atoms with van der Waals surface area (Å²) in [5.74, 6) is 0.884. The largest absolute Gasteiger partial charge is 0.497 e. The fraction of sp³-hybridized carbons (Fsp3) is 0.294. The van der Waals surface area contributed by atoms with E-state index in [9.17, 15) is 0 Å². The Hall–Kier alpha value is -1.52. The second-order valence-corrected chi connectivity index (χ2v) is 6.06. The smallest absolute Gasteiger partial charge is 0.119 e. The van der Waals surface area contributed by atoms with Crippen molar-refractivity contribution in [1.82, 2.24) is 0 Å². The molecule has 0 unspecified atom stereocenters. The molecule has 2 aromatic carbocycles. The summed E-state index contributed by atoms with van der Waals surface area (Å²) in [7, 11) is 3.76. The second kappa shape index (κ2) is 6.96. The van der Waals surface area contributed by atoms with Crippen LogP contribution < -0.4 is 15.4 Å².